The standard InChI is InChI=1S/C23H23NO5/c1-2-11-28-22(26)21-12-15(25)13-24(21)23(27)29-14-20-18-9-5-3-7-16(18)17-8-4-6-10-19(17)20/h2-10,15,20-21,25H,1,11-14H2/t15?,21-/m0/s1. The number of hydrogen-bond donors (Lipinski definition) is 1. The molecule has 0 radical (unpaired) electrons. The number of hydrogen-bond acceptors (Lipinski definition) is 5. The highest BCUT2D eigenvalue weighted by Crippen LogP contribution is 2.44. The fourth-order valence-corrected chi connectivity index (χ4v) is 4.15. The molecule has 1 aliphatic heterocycles. The molecule has 0 saturated carbocycles. The normalized spacial score (nSPS) is 20.1. The molecule has 1 aliphatic carbocycles. The van der Waals surface area contributed by atoms with Crippen molar-refractivity contribution in [2.24, 2.45) is 0 Å². The SMILES string of the molecule is C=CCOC(=O)[C@@H]1CC(O)CN1C(=O)OCC1c2ccccc2-c2ccccc21. The third-order valence-electron chi connectivity index (χ3n) is 5.47. The Labute approximate surface area is 169 Å². The lowest BCUT2D eigenvalue weighted by atomic mass is 9.98. The highest BCUT2D eigenvalue weighted by atomic mass is 16.6. The Kier molecular flexibility index (Phi) is 5.36. The zero-order chi connectivity index (χ0) is 20.4. The van der Waals surface area contributed by atoms with E-state index in [0.29, 0.717) is 0 Å². The number of likely N-dealkylation sites (tertiary alicyclic amines) is 1. The van der Waals surface area contributed by atoms with Crippen molar-refractivity contribution in [2.75, 3.05) is 19.8 Å². The van der Waals surface area contributed by atoms with E-state index in [1.165, 1.54) is 11.0 Å². The molecule has 2 aromatic carbocycles. The first-order chi connectivity index (χ1) is 14.1. The molecule has 4 rings (SSSR count). The number of amides is 1. The van der Waals surface area contributed by atoms with Gasteiger partial charge < -0.3 is 14.6 Å². The van der Waals surface area contributed by atoms with Crippen LogP contribution in [0.2, 0.25) is 0 Å². The Bertz CT molecular complexity index is 895. The molecule has 2 atom stereocenters. The van der Waals surface area contributed by atoms with Crippen molar-refractivity contribution in [1.82, 2.24) is 4.90 Å². The smallest absolute Gasteiger partial charge is 0.410 e. The van der Waals surface area contributed by atoms with Gasteiger partial charge in [-0.05, 0) is 22.3 Å². The maximum absolute atomic E-state index is 12.7. The highest BCUT2D eigenvalue weighted by molar-refractivity contribution is 5.83. The molecular weight excluding hydrogens is 370 g/mol. The molecule has 1 amide bonds. The molecule has 6 heteroatoms. The second-order valence-electron chi connectivity index (χ2n) is 7.28. The number of aliphatic hydroxyl groups is 1. The van der Waals surface area contributed by atoms with Crippen LogP contribution in [0.5, 0.6) is 0 Å². The van der Waals surface area contributed by atoms with Crippen LogP contribution < -0.4 is 0 Å². The minimum Gasteiger partial charge on any atom is -0.460 e. The molecule has 1 fully saturated rings. The topological polar surface area (TPSA) is 76.1 Å². The van der Waals surface area contributed by atoms with Crippen LogP contribution in [0.3, 0.4) is 0 Å². The van der Waals surface area contributed by atoms with Gasteiger partial charge >= 0.3 is 12.1 Å². The summed E-state index contributed by atoms with van der Waals surface area (Å²) in [5.74, 6) is -0.625. The van der Waals surface area contributed by atoms with Gasteiger partial charge in [-0.3, -0.25) is 4.90 Å². The van der Waals surface area contributed by atoms with Gasteiger partial charge in [0.15, 0.2) is 0 Å². The quantitative estimate of drug-likeness (QED) is 0.624. The molecule has 1 heterocycles. The summed E-state index contributed by atoms with van der Waals surface area (Å²) in [6.07, 6.45) is 0.196. The fourth-order valence-electron chi connectivity index (χ4n) is 4.15. The number of aliphatic hydroxyl groups excluding tert-OH is 1. The van der Waals surface area contributed by atoms with Crippen molar-refractivity contribution in [3.8, 4) is 11.1 Å². The molecule has 0 spiro atoms. The molecule has 1 unspecified atom stereocenters. The predicted octanol–water partition coefficient (Wildman–Crippen LogP) is 3.10. The average Bonchev–Trinajstić information content (AvgIpc) is 3.29. The number of nitrogens with zero attached hydrogens (tertiary/aromatic N) is 1. The maximum atomic E-state index is 12.7. The van der Waals surface area contributed by atoms with Gasteiger partial charge in [-0.2, -0.15) is 0 Å². The van der Waals surface area contributed by atoms with Crippen molar-refractivity contribution in [3.05, 3.63) is 72.3 Å². The van der Waals surface area contributed by atoms with Crippen LogP contribution in [0.15, 0.2) is 61.2 Å². The van der Waals surface area contributed by atoms with E-state index in [2.05, 4.69) is 18.7 Å². The van der Waals surface area contributed by atoms with E-state index in [9.17, 15) is 14.7 Å². The molecule has 2 aliphatic rings. The Morgan fingerprint density at radius 2 is 1.69 bits per heavy atom. The number of rotatable bonds is 5. The number of fused-ring (bicyclic) bond motifs is 3. The molecule has 2 aromatic rings. The zero-order valence-electron chi connectivity index (χ0n) is 16.0. The van der Waals surface area contributed by atoms with Gasteiger partial charge in [-0.15, -0.1) is 0 Å². The third-order valence-corrected chi connectivity index (χ3v) is 5.47. The Morgan fingerprint density at radius 1 is 1.07 bits per heavy atom. The first-order valence-corrected chi connectivity index (χ1v) is 9.67. The Hall–Kier alpha value is -3.12. The van der Waals surface area contributed by atoms with Gasteiger partial charge in [-0.25, -0.2) is 9.59 Å². The van der Waals surface area contributed by atoms with Crippen LogP contribution in [0.25, 0.3) is 11.1 Å². The Balaban J connectivity index is 1.48. The van der Waals surface area contributed by atoms with Crippen molar-refractivity contribution in [2.45, 2.75) is 24.5 Å². The summed E-state index contributed by atoms with van der Waals surface area (Å²) in [4.78, 5) is 26.2. The summed E-state index contributed by atoms with van der Waals surface area (Å²) in [7, 11) is 0. The van der Waals surface area contributed by atoms with Crippen molar-refractivity contribution >= 4 is 12.1 Å². The maximum Gasteiger partial charge on any atom is 0.410 e. The van der Waals surface area contributed by atoms with E-state index in [4.69, 9.17) is 9.47 Å². The van der Waals surface area contributed by atoms with Gasteiger partial charge in [0.2, 0.25) is 0 Å². The molecule has 29 heavy (non-hydrogen) atoms. The third kappa shape index (κ3) is 3.63. The van der Waals surface area contributed by atoms with Crippen LogP contribution >= 0.6 is 0 Å². The first-order valence-electron chi connectivity index (χ1n) is 9.67. The average molecular weight is 393 g/mol. The molecule has 0 aromatic heterocycles. The number of carbonyl (C=O) groups is 2. The number of benzene rings is 2. The lowest BCUT2D eigenvalue weighted by molar-refractivity contribution is -0.147. The van der Waals surface area contributed by atoms with E-state index in [1.54, 1.807) is 0 Å². The van der Waals surface area contributed by atoms with Crippen LogP contribution in [0.4, 0.5) is 4.79 Å². The summed E-state index contributed by atoms with van der Waals surface area (Å²) < 4.78 is 10.7. The zero-order valence-corrected chi connectivity index (χ0v) is 16.0. The van der Waals surface area contributed by atoms with Crippen molar-refractivity contribution in [1.29, 1.82) is 0 Å². The number of carbonyl (C=O) groups excluding carboxylic acids is 2. The van der Waals surface area contributed by atoms with Gasteiger partial charge in [-0.1, -0.05) is 61.2 Å². The Morgan fingerprint density at radius 3 is 2.31 bits per heavy atom. The summed E-state index contributed by atoms with van der Waals surface area (Å²) >= 11 is 0. The molecule has 0 bridgehead atoms. The van der Waals surface area contributed by atoms with Crippen LogP contribution in [-0.4, -0.2) is 54.0 Å². The minimum absolute atomic E-state index is 0.0462. The lowest BCUT2D eigenvalue weighted by Crippen LogP contribution is -2.42. The van der Waals surface area contributed by atoms with Gasteiger partial charge in [0.05, 0.1) is 12.6 Å². The van der Waals surface area contributed by atoms with E-state index in [1.807, 2.05) is 36.4 Å². The second kappa shape index (κ2) is 8.09. The van der Waals surface area contributed by atoms with E-state index in [-0.39, 0.29) is 32.1 Å². The molecule has 1 saturated heterocycles. The van der Waals surface area contributed by atoms with Crippen LogP contribution in [0, 0.1) is 0 Å². The summed E-state index contributed by atoms with van der Waals surface area (Å²) in [5, 5.41) is 9.96. The summed E-state index contributed by atoms with van der Waals surface area (Å²) in [6, 6.07) is 15.3. The predicted molar refractivity (Wildman–Crippen MR) is 107 cm³/mol. The van der Waals surface area contributed by atoms with Gasteiger partial charge in [0, 0.05) is 12.3 Å². The summed E-state index contributed by atoms with van der Waals surface area (Å²) in [5.41, 5.74) is 4.52. The lowest BCUT2D eigenvalue weighted by Gasteiger charge is -2.23. The first kappa shape index (κ1) is 19.2. The molecule has 150 valence electrons. The van der Waals surface area contributed by atoms with Crippen molar-refractivity contribution < 1.29 is 24.2 Å². The van der Waals surface area contributed by atoms with E-state index >= 15 is 0 Å². The van der Waals surface area contributed by atoms with E-state index < -0.39 is 24.2 Å². The van der Waals surface area contributed by atoms with Crippen LogP contribution in [0.1, 0.15) is 23.5 Å². The second-order valence-corrected chi connectivity index (χ2v) is 7.28. The number of esters is 1. The fraction of sp³-hybridized carbons (Fsp3) is 0.304. The van der Waals surface area contributed by atoms with Crippen molar-refractivity contribution in [3.63, 3.8) is 0 Å². The molecule has 1 N–H and O–H groups in total. The largest absolute Gasteiger partial charge is 0.460 e. The van der Waals surface area contributed by atoms with Gasteiger partial charge in [0.25, 0.3) is 0 Å². The monoisotopic (exact) mass is 393 g/mol. The molecular formula is C23H23NO5. The molecule has 6 nitrogen and oxygen atoms in total. The minimum atomic E-state index is -0.847. The summed E-state index contributed by atoms with van der Waals surface area (Å²) in [6.45, 7) is 3.77. The van der Waals surface area contributed by atoms with Crippen LogP contribution in [-0.2, 0) is 14.3 Å². The number of β-amino-alcohol motifs (C(OH)–C–C–N with tert-alkyl or cyclic N) is 1. The van der Waals surface area contributed by atoms with Gasteiger partial charge in [0.1, 0.15) is 19.3 Å². The van der Waals surface area contributed by atoms with E-state index in [0.717, 1.165) is 22.3 Å². The number of ether oxygens (including phenoxy) is 2. The highest BCUT2D eigenvalue weighted by Gasteiger charge is 2.41.